The highest BCUT2D eigenvalue weighted by molar-refractivity contribution is 6.14. The number of allylic oxidation sites excluding steroid dienone is 1. The van der Waals surface area contributed by atoms with Crippen molar-refractivity contribution in [2.75, 3.05) is 0 Å². The molecule has 204 valence electrons. The third-order valence-corrected chi connectivity index (χ3v) is 8.48. The summed E-state index contributed by atoms with van der Waals surface area (Å²) in [6.07, 6.45) is 2.04. The summed E-state index contributed by atoms with van der Waals surface area (Å²) in [5.41, 5.74) is 11.7. The van der Waals surface area contributed by atoms with Crippen molar-refractivity contribution in [2.45, 2.75) is 33.1 Å². The maximum Gasteiger partial charge on any atom is 0.160 e. The maximum absolute atomic E-state index is 6.46. The van der Waals surface area contributed by atoms with E-state index in [4.69, 9.17) is 14.4 Å². The average Bonchev–Trinajstić information content (AvgIpc) is 3.52. The van der Waals surface area contributed by atoms with Crippen LogP contribution < -0.4 is 0 Å². The standard InChI is InChI=1S/C39H32N2O/c1-5-34(26-14-8-6-9-15-26)41-38(27-16-10-7-11-17-27)40-25(2)28-20-21-31-33(24-28)39(3,4)32-23-22-30-29-18-12-13-19-35(29)42-37(30)36(31)32/h5-24H,1-4H3/b34-5+,40-25?,41-38?. The van der Waals surface area contributed by atoms with Crippen LogP contribution in [0.4, 0.5) is 0 Å². The second-order valence-electron chi connectivity index (χ2n) is 11.4. The molecule has 0 spiro atoms. The molecule has 3 nitrogen and oxygen atoms in total. The van der Waals surface area contributed by atoms with Gasteiger partial charge in [-0.3, -0.25) is 0 Å². The van der Waals surface area contributed by atoms with E-state index in [2.05, 4.69) is 93.6 Å². The molecule has 0 unspecified atom stereocenters. The molecule has 3 heteroatoms. The van der Waals surface area contributed by atoms with Gasteiger partial charge in [0.1, 0.15) is 11.2 Å². The molecule has 0 aliphatic heterocycles. The molecule has 0 atom stereocenters. The number of para-hydroxylation sites is 1. The van der Waals surface area contributed by atoms with Gasteiger partial charge in [0, 0.05) is 33.0 Å². The summed E-state index contributed by atoms with van der Waals surface area (Å²) in [5.74, 6) is 0.692. The Morgan fingerprint density at radius 1 is 0.667 bits per heavy atom. The van der Waals surface area contributed by atoms with Crippen molar-refractivity contribution < 1.29 is 4.42 Å². The number of hydrogen-bond acceptors (Lipinski definition) is 2. The SMILES string of the molecule is C/C=C(/N=C(N=C(C)c1ccc2c(c1)C(C)(C)c1ccc3c(oc4ccccc43)c1-2)c1ccccc1)c1ccccc1. The second-order valence-corrected chi connectivity index (χ2v) is 11.4. The van der Waals surface area contributed by atoms with Crippen molar-refractivity contribution in [1.29, 1.82) is 0 Å². The van der Waals surface area contributed by atoms with Crippen molar-refractivity contribution in [3.05, 3.63) is 149 Å². The Bertz CT molecular complexity index is 2060. The number of furan rings is 1. The van der Waals surface area contributed by atoms with E-state index in [-0.39, 0.29) is 5.41 Å². The summed E-state index contributed by atoms with van der Waals surface area (Å²) < 4.78 is 6.46. The van der Waals surface area contributed by atoms with Crippen LogP contribution in [0.1, 0.15) is 55.5 Å². The molecule has 1 heterocycles. The van der Waals surface area contributed by atoms with Gasteiger partial charge >= 0.3 is 0 Å². The number of benzene rings is 5. The molecule has 0 amide bonds. The van der Waals surface area contributed by atoms with E-state index in [0.717, 1.165) is 50.0 Å². The lowest BCUT2D eigenvalue weighted by atomic mass is 9.81. The zero-order valence-corrected chi connectivity index (χ0v) is 24.3. The van der Waals surface area contributed by atoms with E-state index >= 15 is 0 Å². The predicted octanol–water partition coefficient (Wildman–Crippen LogP) is 10.2. The molecule has 1 aliphatic carbocycles. The number of amidine groups is 1. The molecular weight excluding hydrogens is 512 g/mol. The Labute approximate surface area is 246 Å². The zero-order chi connectivity index (χ0) is 28.8. The summed E-state index contributed by atoms with van der Waals surface area (Å²) in [5, 5.41) is 2.32. The summed E-state index contributed by atoms with van der Waals surface area (Å²) in [7, 11) is 0. The van der Waals surface area contributed by atoms with Gasteiger partial charge < -0.3 is 4.42 Å². The first-order valence-corrected chi connectivity index (χ1v) is 14.5. The maximum atomic E-state index is 6.46. The van der Waals surface area contributed by atoms with Crippen LogP contribution >= 0.6 is 0 Å². The monoisotopic (exact) mass is 544 g/mol. The quantitative estimate of drug-likeness (QED) is 0.161. The van der Waals surface area contributed by atoms with E-state index in [0.29, 0.717) is 5.84 Å². The molecule has 1 aliphatic rings. The van der Waals surface area contributed by atoms with Gasteiger partial charge in [-0.15, -0.1) is 0 Å². The van der Waals surface area contributed by atoms with E-state index in [1.54, 1.807) is 0 Å². The fourth-order valence-corrected chi connectivity index (χ4v) is 6.21. The van der Waals surface area contributed by atoms with Crippen LogP contribution in [0.15, 0.2) is 136 Å². The predicted molar refractivity (Wildman–Crippen MR) is 177 cm³/mol. The fraction of sp³-hybridized carbons (Fsp3) is 0.128. The minimum absolute atomic E-state index is 0.171. The molecule has 0 saturated carbocycles. The number of aliphatic imine (C=N–C) groups is 2. The van der Waals surface area contributed by atoms with Crippen LogP contribution in [0.25, 0.3) is 38.8 Å². The topological polar surface area (TPSA) is 37.9 Å². The summed E-state index contributed by atoms with van der Waals surface area (Å²) >= 11 is 0. The van der Waals surface area contributed by atoms with Crippen molar-refractivity contribution in [3.63, 3.8) is 0 Å². The van der Waals surface area contributed by atoms with Crippen molar-refractivity contribution in [2.24, 2.45) is 9.98 Å². The summed E-state index contributed by atoms with van der Waals surface area (Å²) in [4.78, 5) is 10.2. The minimum atomic E-state index is -0.171. The number of fused-ring (bicyclic) bond motifs is 7. The highest BCUT2D eigenvalue weighted by Crippen LogP contribution is 2.52. The first-order chi connectivity index (χ1) is 20.5. The third-order valence-electron chi connectivity index (χ3n) is 8.48. The normalized spacial score (nSPS) is 14.8. The molecule has 5 aromatic carbocycles. The Morgan fingerprint density at radius 2 is 1.36 bits per heavy atom. The van der Waals surface area contributed by atoms with E-state index < -0.39 is 0 Å². The Morgan fingerprint density at radius 3 is 2.10 bits per heavy atom. The molecule has 0 fully saturated rings. The van der Waals surface area contributed by atoms with Gasteiger partial charge in [-0.05, 0) is 53.8 Å². The lowest BCUT2D eigenvalue weighted by Gasteiger charge is -2.22. The summed E-state index contributed by atoms with van der Waals surface area (Å²) in [6, 6.07) is 40.0. The molecule has 7 rings (SSSR count). The number of hydrogen-bond donors (Lipinski definition) is 0. The summed E-state index contributed by atoms with van der Waals surface area (Å²) in [6.45, 7) is 8.70. The molecule has 0 saturated heterocycles. The Hall–Kier alpha value is -5.02. The highest BCUT2D eigenvalue weighted by Gasteiger charge is 2.38. The van der Waals surface area contributed by atoms with Gasteiger partial charge in [0.05, 0.1) is 5.70 Å². The number of nitrogens with zero attached hydrogens (tertiary/aromatic N) is 2. The first kappa shape index (κ1) is 25.9. The van der Waals surface area contributed by atoms with Crippen LogP contribution in [-0.4, -0.2) is 11.5 Å². The minimum Gasteiger partial charge on any atom is -0.455 e. The largest absolute Gasteiger partial charge is 0.455 e. The van der Waals surface area contributed by atoms with Crippen LogP contribution in [0.5, 0.6) is 0 Å². The molecular formula is C39H32N2O. The molecule has 1 aromatic heterocycles. The van der Waals surface area contributed by atoms with Crippen molar-refractivity contribution in [1.82, 2.24) is 0 Å². The lowest BCUT2D eigenvalue weighted by Crippen LogP contribution is -2.15. The van der Waals surface area contributed by atoms with Gasteiger partial charge in [0.15, 0.2) is 5.84 Å². The van der Waals surface area contributed by atoms with Crippen LogP contribution in [0.2, 0.25) is 0 Å². The van der Waals surface area contributed by atoms with E-state index in [9.17, 15) is 0 Å². The van der Waals surface area contributed by atoms with Gasteiger partial charge in [0.2, 0.25) is 0 Å². The fourth-order valence-electron chi connectivity index (χ4n) is 6.21. The van der Waals surface area contributed by atoms with Crippen LogP contribution in [0.3, 0.4) is 0 Å². The molecule has 0 radical (unpaired) electrons. The van der Waals surface area contributed by atoms with Gasteiger partial charge in [0.25, 0.3) is 0 Å². The highest BCUT2D eigenvalue weighted by atomic mass is 16.3. The van der Waals surface area contributed by atoms with Gasteiger partial charge in [-0.2, -0.15) is 0 Å². The molecule has 6 aromatic rings. The van der Waals surface area contributed by atoms with Crippen molar-refractivity contribution in [3.8, 4) is 11.1 Å². The Balaban J connectivity index is 1.35. The van der Waals surface area contributed by atoms with Gasteiger partial charge in [-0.1, -0.05) is 123 Å². The Kier molecular flexibility index (Phi) is 6.24. The first-order valence-electron chi connectivity index (χ1n) is 14.5. The molecule has 0 bridgehead atoms. The zero-order valence-electron chi connectivity index (χ0n) is 24.3. The number of rotatable bonds is 4. The van der Waals surface area contributed by atoms with E-state index in [1.807, 2.05) is 55.5 Å². The lowest BCUT2D eigenvalue weighted by molar-refractivity contribution is 0.653. The second kappa shape index (κ2) is 10.1. The third kappa shape index (κ3) is 4.21. The average molecular weight is 545 g/mol. The van der Waals surface area contributed by atoms with Crippen LogP contribution in [-0.2, 0) is 5.41 Å². The van der Waals surface area contributed by atoms with Crippen molar-refractivity contribution >= 4 is 39.2 Å². The van der Waals surface area contributed by atoms with Crippen LogP contribution in [0, 0.1) is 0 Å². The molecule has 42 heavy (non-hydrogen) atoms. The molecule has 0 N–H and O–H groups in total. The smallest absolute Gasteiger partial charge is 0.160 e. The van der Waals surface area contributed by atoms with E-state index in [1.165, 1.54) is 22.3 Å². The van der Waals surface area contributed by atoms with Gasteiger partial charge in [-0.25, -0.2) is 9.98 Å².